The summed E-state index contributed by atoms with van der Waals surface area (Å²) in [5.74, 6) is 0. The van der Waals surface area contributed by atoms with E-state index in [1.54, 1.807) is 12.3 Å². The first-order valence-electron chi connectivity index (χ1n) is 5.30. The van der Waals surface area contributed by atoms with Crippen LogP contribution >= 0.6 is 0 Å². The Balaban J connectivity index is 2.24. The molecular weight excluding hydrogens is 210 g/mol. The van der Waals surface area contributed by atoms with Crippen molar-refractivity contribution < 1.29 is 0 Å². The van der Waals surface area contributed by atoms with Crippen LogP contribution in [-0.4, -0.2) is 10.7 Å². The van der Waals surface area contributed by atoms with Crippen molar-refractivity contribution in [3.05, 3.63) is 72.1 Å². The molecule has 3 heteroatoms. The molecule has 1 aromatic carbocycles. The molecule has 1 heterocycles. The maximum atomic E-state index is 7.93. The predicted molar refractivity (Wildman–Crippen MR) is 69.7 cm³/mol. The first-order valence-corrected chi connectivity index (χ1v) is 5.30. The molecule has 0 atom stereocenters. The lowest BCUT2D eigenvalue weighted by atomic mass is 10.1. The second kappa shape index (κ2) is 5.07. The molecule has 0 radical (unpaired) electrons. The van der Waals surface area contributed by atoms with E-state index in [0.717, 1.165) is 5.56 Å². The first-order chi connectivity index (χ1) is 8.27. The molecule has 0 aliphatic heterocycles. The molecule has 0 fully saturated rings. The summed E-state index contributed by atoms with van der Waals surface area (Å²) in [5, 5.41) is 7.93. The van der Waals surface area contributed by atoms with Crippen LogP contribution in [0.3, 0.4) is 0 Å². The lowest BCUT2D eigenvalue weighted by Gasteiger charge is -2.02. The number of nitrogens with zero attached hydrogens (tertiary/aromatic N) is 1. The van der Waals surface area contributed by atoms with E-state index < -0.39 is 0 Å². The monoisotopic (exact) mass is 223 g/mol. The van der Waals surface area contributed by atoms with Gasteiger partial charge in [0.25, 0.3) is 0 Å². The van der Waals surface area contributed by atoms with Crippen molar-refractivity contribution in [1.29, 1.82) is 5.41 Å². The van der Waals surface area contributed by atoms with E-state index in [1.165, 1.54) is 0 Å². The van der Waals surface area contributed by atoms with Gasteiger partial charge in [-0.25, -0.2) is 0 Å². The molecule has 2 aromatic rings. The maximum Gasteiger partial charge on any atom is 0.0859 e. The normalized spacial score (nSPS) is 11.2. The van der Waals surface area contributed by atoms with Gasteiger partial charge in [0.2, 0.25) is 0 Å². The van der Waals surface area contributed by atoms with Crippen LogP contribution in [0.4, 0.5) is 0 Å². The van der Waals surface area contributed by atoms with Crippen molar-refractivity contribution in [2.24, 2.45) is 5.73 Å². The van der Waals surface area contributed by atoms with Crippen molar-refractivity contribution in [1.82, 2.24) is 4.98 Å². The largest absolute Gasteiger partial charge is 0.397 e. The summed E-state index contributed by atoms with van der Waals surface area (Å²) in [5.41, 5.74) is 8.30. The highest BCUT2D eigenvalue weighted by molar-refractivity contribution is 6.09. The standard InChI is InChI=1S/C14H13N3/c15-12(11-6-2-1-3-7-11)10-13(16)14-8-4-5-9-17-14/h1-10,15H,16H2/b13-10-,15-12?. The van der Waals surface area contributed by atoms with Gasteiger partial charge in [-0.2, -0.15) is 0 Å². The molecule has 84 valence electrons. The van der Waals surface area contributed by atoms with Gasteiger partial charge >= 0.3 is 0 Å². The Morgan fingerprint density at radius 2 is 1.76 bits per heavy atom. The summed E-state index contributed by atoms with van der Waals surface area (Å²) < 4.78 is 0. The SMILES string of the molecule is N=C(/C=C(\N)c1ccccn1)c1ccccc1. The van der Waals surface area contributed by atoms with Gasteiger partial charge in [0.15, 0.2) is 0 Å². The fourth-order valence-corrected chi connectivity index (χ4v) is 1.46. The summed E-state index contributed by atoms with van der Waals surface area (Å²) >= 11 is 0. The average Bonchev–Trinajstić information content (AvgIpc) is 2.40. The topological polar surface area (TPSA) is 62.8 Å². The minimum absolute atomic E-state index is 0.383. The van der Waals surface area contributed by atoms with E-state index in [9.17, 15) is 0 Å². The van der Waals surface area contributed by atoms with Crippen molar-refractivity contribution in [2.75, 3.05) is 0 Å². The van der Waals surface area contributed by atoms with Crippen LogP contribution in [0.15, 0.2) is 60.8 Å². The molecule has 0 aliphatic carbocycles. The van der Waals surface area contributed by atoms with Crippen LogP contribution in [0.5, 0.6) is 0 Å². The quantitative estimate of drug-likeness (QED) is 0.785. The Kier molecular flexibility index (Phi) is 3.31. The molecule has 1 aromatic heterocycles. The predicted octanol–water partition coefficient (Wildman–Crippen LogP) is 2.45. The second-order valence-corrected chi connectivity index (χ2v) is 3.59. The van der Waals surface area contributed by atoms with E-state index in [2.05, 4.69) is 4.98 Å². The van der Waals surface area contributed by atoms with E-state index in [1.807, 2.05) is 48.5 Å². The molecule has 0 saturated heterocycles. The van der Waals surface area contributed by atoms with Gasteiger partial charge in [-0.15, -0.1) is 0 Å². The molecule has 3 N–H and O–H groups in total. The number of rotatable bonds is 3. The molecule has 0 unspecified atom stereocenters. The Morgan fingerprint density at radius 1 is 1.06 bits per heavy atom. The van der Waals surface area contributed by atoms with Crippen molar-refractivity contribution >= 4 is 11.4 Å². The molecular formula is C14H13N3. The molecule has 3 nitrogen and oxygen atoms in total. The van der Waals surface area contributed by atoms with Crippen molar-refractivity contribution in [3.63, 3.8) is 0 Å². The number of allylic oxidation sites excluding steroid dienone is 1. The van der Waals surface area contributed by atoms with E-state index in [4.69, 9.17) is 11.1 Å². The Morgan fingerprint density at radius 3 is 2.41 bits per heavy atom. The highest BCUT2D eigenvalue weighted by atomic mass is 14.7. The van der Waals surface area contributed by atoms with Gasteiger partial charge in [0, 0.05) is 6.20 Å². The molecule has 17 heavy (non-hydrogen) atoms. The third-order valence-corrected chi connectivity index (χ3v) is 2.35. The zero-order valence-corrected chi connectivity index (χ0v) is 9.30. The van der Waals surface area contributed by atoms with Crippen LogP contribution in [-0.2, 0) is 0 Å². The lowest BCUT2D eigenvalue weighted by Crippen LogP contribution is -2.03. The van der Waals surface area contributed by atoms with Gasteiger partial charge in [0.1, 0.15) is 0 Å². The van der Waals surface area contributed by atoms with Gasteiger partial charge < -0.3 is 11.1 Å². The van der Waals surface area contributed by atoms with Gasteiger partial charge in [-0.1, -0.05) is 36.4 Å². The van der Waals surface area contributed by atoms with E-state index >= 15 is 0 Å². The number of benzene rings is 1. The molecule has 0 bridgehead atoms. The molecule has 0 amide bonds. The zero-order chi connectivity index (χ0) is 12.1. The van der Waals surface area contributed by atoms with Gasteiger partial charge in [-0.3, -0.25) is 4.98 Å². The summed E-state index contributed by atoms with van der Waals surface area (Å²) in [6.45, 7) is 0. The molecule has 2 rings (SSSR count). The van der Waals surface area contributed by atoms with Gasteiger partial charge in [0.05, 0.1) is 17.1 Å². The maximum absolute atomic E-state index is 7.93. The Bertz CT molecular complexity index is 530. The summed E-state index contributed by atoms with van der Waals surface area (Å²) in [6, 6.07) is 15.0. The average molecular weight is 223 g/mol. The summed E-state index contributed by atoms with van der Waals surface area (Å²) in [4.78, 5) is 4.14. The molecule has 0 spiro atoms. The fourth-order valence-electron chi connectivity index (χ4n) is 1.46. The highest BCUT2D eigenvalue weighted by Gasteiger charge is 2.01. The number of hydrogen-bond acceptors (Lipinski definition) is 3. The van der Waals surface area contributed by atoms with Crippen LogP contribution in [0.25, 0.3) is 5.70 Å². The number of nitrogens with two attached hydrogens (primary N) is 1. The third kappa shape index (κ3) is 2.78. The Labute approximate surface area is 100 Å². The summed E-state index contributed by atoms with van der Waals surface area (Å²) in [6.07, 6.45) is 3.31. The smallest absolute Gasteiger partial charge is 0.0859 e. The number of aromatic nitrogens is 1. The first kappa shape index (κ1) is 11.1. The minimum atomic E-state index is 0.383. The fraction of sp³-hybridized carbons (Fsp3) is 0. The van der Waals surface area contributed by atoms with Crippen LogP contribution in [0.1, 0.15) is 11.3 Å². The molecule has 0 aliphatic rings. The van der Waals surface area contributed by atoms with Crippen LogP contribution in [0, 0.1) is 5.41 Å². The number of hydrogen-bond donors (Lipinski definition) is 2. The summed E-state index contributed by atoms with van der Waals surface area (Å²) in [7, 11) is 0. The third-order valence-electron chi connectivity index (χ3n) is 2.35. The van der Waals surface area contributed by atoms with Gasteiger partial charge in [-0.05, 0) is 23.8 Å². The highest BCUT2D eigenvalue weighted by Crippen LogP contribution is 2.07. The molecule has 0 saturated carbocycles. The zero-order valence-electron chi connectivity index (χ0n) is 9.30. The minimum Gasteiger partial charge on any atom is -0.397 e. The Hall–Kier alpha value is -2.42. The van der Waals surface area contributed by atoms with Crippen molar-refractivity contribution in [2.45, 2.75) is 0 Å². The second-order valence-electron chi connectivity index (χ2n) is 3.59. The van der Waals surface area contributed by atoms with E-state index in [-0.39, 0.29) is 0 Å². The van der Waals surface area contributed by atoms with Crippen LogP contribution in [0.2, 0.25) is 0 Å². The van der Waals surface area contributed by atoms with Crippen molar-refractivity contribution in [3.8, 4) is 0 Å². The number of nitrogens with one attached hydrogen (secondary N) is 1. The number of pyridine rings is 1. The van der Waals surface area contributed by atoms with E-state index in [0.29, 0.717) is 17.1 Å². The van der Waals surface area contributed by atoms with Crippen LogP contribution < -0.4 is 5.73 Å². The lowest BCUT2D eigenvalue weighted by molar-refractivity contribution is 1.26.